The summed E-state index contributed by atoms with van der Waals surface area (Å²) in [5.74, 6) is 0.145. The quantitative estimate of drug-likeness (QED) is 0.294. The monoisotopic (exact) mass is 570 g/mol. The summed E-state index contributed by atoms with van der Waals surface area (Å²) in [5.41, 5.74) is 6.28. The van der Waals surface area contributed by atoms with Crippen LogP contribution in [0.25, 0.3) is 11.1 Å². The Morgan fingerprint density at radius 2 is 1.98 bits per heavy atom. The molecule has 3 fully saturated rings. The van der Waals surface area contributed by atoms with Crippen molar-refractivity contribution < 1.29 is 23.8 Å². The molecule has 3 heterocycles. The molecule has 1 saturated heterocycles. The summed E-state index contributed by atoms with van der Waals surface area (Å²) >= 11 is 0. The van der Waals surface area contributed by atoms with Crippen molar-refractivity contribution in [2.75, 3.05) is 20.2 Å². The maximum absolute atomic E-state index is 15.1. The van der Waals surface area contributed by atoms with Gasteiger partial charge in [0.2, 0.25) is 5.88 Å². The zero-order valence-electron chi connectivity index (χ0n) is 24.4. The average Bonchev–Trinajstić information content (AvgIpc) is 3.92. The van der Waals surface area contributed by atoms with Crippen molar-refractivity contribution in [3.05, 3.63) is 76.7 Å². The van der Waals surface area contributed by atoms with Crippen molar-refractivity contribution >= 4 is 5.97 Å². The number of fused-ring (bicyclic) bond motifs is 1. The fourth-order valence-electron chi connectivity index (χ4n) is 7.34. The summed E-state index contributed by atoms with van der Waals surface area (Å²) in [7, 11) is 1.55. The molecular weight excluding hydrogens is 531 g/mol. The van der Waals surface area contributed by atoms with Crippen molar-refractivity contribution in [3.8, 4) is 22.8 Å². The molecule has 7 heteroatoms. The van der Waals surface area contributed by atoms with Crippen LogP contribution in [-0.4, -0.2) is 41.2 Å². The van der Waals surface area contributed by atoms with Gasteiger partial charge in [-0.15, -0.1) is 0 Å². The van der Waals surface area contributed by atoms with Crippen LogP contribution >= 0.6 is 0 Å². The Kier molecular flexibility index (Phi) is 6.96. The molecule has 220 valence electrons. The molecule has 7 rings (SSSR count). The molecule has 0 amide bonds. The predicted octanol–water partition coefficient (Wildman–Crippen LogP) is 7.16. The molecule has 2 saturated carbocycles. The van der Waals surface area contributed by atoms with Gasteiger partial charge in [0.05, 0.1) is 19.2 Å². The minimum absolute atomic E-state index is 0.00475. The van der Waals surface area contributed by atoms with Crippen molar-refractivity contribution in [3.63, 3.8) is 0 Å². The maximum Gasteiger partial charge on any atom is 0.306 e. The number of hydrogen-bond acceptors (Lipinski definition) is 5. The molecule has 1 spiro atoms. The highest BCUT2D eigenvalue weighted by Gasteiger charge is 2.47. The molecule has 2 aromatic carbocycles. The normalized spacial score (nSPS) is 22.3. The minimum atomic E-state index is -0.745. The largest absolute Gasteiger partial charge is 0.485 e. The topological polar surface area (TPSA) is 71.9 Å². The van der Waals surface area contributed by atoms with Gasteiger partial charge in [0, 0.05) is 24.7 Å². The van der Waals surface area contributed by atoms with Crippen LogP contribution in [0.1, 0.15) is 79.7 Å². The van der Waals surface area contributed by atoms with E-state index in [1.807, 2.05) is 13.0 Å². The van der Waals surface area contributed by atoms with E-state index in [9.17, 15) is 9.90 Å². The third kappa shape index (κ3) is 5.28. The average molecular weight is 571 g/mol. The van der Waals surface area contributed by atoms with Gasteiger partial charge in [-0.3, -0.25) is 9.69 Å². The van der Waals surface area contributed by atoms with Gasteiger partial charge in [-0.1, -0.05) is 37.3 Å². The highest BCUT2D eigenvalue weighted by atomic mass is 19.1. The van der Waals surface area contributed by atoms with E-state index in [0.717, 1.165) is 73.3 Å². The van der Waals surface area contributed by atoms with Gasteiger partial charge in [-0.2, -0.15) is 0 Å². The standard InChI is InChI=1S/C35H39FN2O4/c1-21(34(39)40)33(23-4-5-23)25-6-3-22-8-10-30(42-31(22)16-25)24-7-9-27(28-17-32(41-2)37-18-29(28)36)26(15-24)19-38-14-13-35(20-38)11-12-35/h3,6-7,9,15-18,21,23,30,33H,4-5,8,10-14,19-20H2,1-2H3,(H,39,40)/t21-,30-,33-/m0/s1. The number of aromatic nitrogens is 1. The smallest absolute Gasteiger partial charge is 0.306 e. The number of hydrogen-bond donors (Lipinski definition) is 1. The second-order valence-corrected chi connectivity index (χ2v) is 13.1. The van der Waals surface area contributed by atoms with Gasteiger partial charge in [-0.25, -0.2) is 9.37 Å². The second kappa shape index (κ2) is 10.7. The van der Waals surface area contributed by atoms with E-state index >= 15 is 4.39 Å². The molecule has 4 aliphatic rings. The van der Waals surface area contributed by atoms with Gasteiger partial charge in [-0.05, 0) is 103 Å². The summed E-state index contributed by atoms with van der Waals surface area (Å²) in [6, 6.07) is 14.3. The van der Waals surface area contributed by atoms with Crippen molar-refractivity contribution in [1.82, 2.24) is 9.88 Å². The number of aryl methyl sites for hydroxylation is 1. The second-order valence-electron chi connectivity index (χ2n) is 13.1. The lowest BCUT2D eigenvalue weighted by Crippen LogP contribution is -2.22. The number of halogens is 1. The van der Waals surface area contributed by atoms with Crippen LogP contribution in [0.3, 0.4) is 0 Å². The van der Waals surface area contributed by atoms with Gasteiger partial charge < -0.3 is 14.6 Å². The van der Waals surface area contributed by atoms with E-state index in [4.69, 9.17) is 9.47 Å². The number of likely N-dealkylation sites (tertiary alicyclic amines) is 1. The first-order valence-electron chi connectivity index (χ1n) is 15.4. The number of carboxylic acids is 1. The number of benzene rings is 2. The highest BCUT2D eigenvalue weighted by Crippen LogP contribution is 2.53. The van der Waals surface area contributed by atoms with Gasteiger partial charge >= 0.3 is 5.97 Å². The fourth-order valence-corrected chi connectivity index (χ4v) is 7.34. The summed E-state index contributed by atoms with van der Waals surface area (Å²) in [4.78, 5) is 18.4. The molecule has 3 aromatic rings. The first-order chi connectivity index (χ1) is 20.3. The lowest BCUT2D eigenvalue weighted by Gasteiger charge is -2.29. The Balaban J connectivity index is 1.20. The molecule has 1 N–H and O–H groups in total. The van der Waals surface area contributed by atoms with E-state index in [2.05, 4.69) is 40.2 Å². The lowest BCUT2D eigenvalue weighted by molar-refractivity contribution is -0.142. The number of carboxylic acid groups (broad SMARTS) is 1. The SMILES string of the molecule is COc1cc(-c2ccc([C@@H]3CCc4ccc([C@H](C5CC5)[C@H](C)C(=O)O)cc4O3)cc2CN2CCC3(CC3)C2)c(F)cn1. The molecule has 0 bridgehead atoms. The van der Waals surface area contributed by atoms with Crippen LogP contribution in [0.4, 0.5) is 4.39 Å². The molecule has 1 aromatic heterocycles. The molecule has 0 radical (unpaired) electrons. The Labute approximate surface area is 246 Å². The van der Waals surface area contributed by atoms with Gasteiger partial charge in [0.25, 0.3) is 0 Å². The molecule has 2 aliphatic heterocycles. The molecule has 0 unspecified atom stereocenters. The maximum atomic E-state index is 15.1. The summed E-state index contributed by atoms with van der Waals surface area (Å²) in [6.45, 7) is 4.76. The Morgan fingerprint density at radius 3 is 2.69 bits per heavy atom. The van der Waals surface area contributed by atoms with Crippen molar-refractivity contribution in [1.29, 1.82) is 0 Å². The minimum Gasteiger partial charge on any atom is -0.485 e. The number of methoxy groups -OCH3 is 1. The van der Waals surface area contributed by atoms with Gasteiger partial charge in [0.1, 0.15) is 17.7 Å². The van der Waals surface area contributed by atoms with Crippen LogP contribution < -0.4 is 9.47 Å². The van der Waals surface area contributed by atoms with Crippen molar-refractivity contribution in [2.45, 2.75) is 70.4 Å². The van der Waals surface area contributed by atoms with E-state index in [-0.39, 0.29) is 17.8 Å². The molecule has 6 nitrogen and oxygen atoms in total. The Bertz CT molecular complexity index is 1510. The van der Waals surface area contributed by atoms with Crippen LogP contribution in [0.15, 0.2) is 48.7 Å². The summed E-state index contributed by atoms with van der Waals surface area (Å²) in [5, 5.41) is 9.76. The van der Waals surface area contributed by atoms with E-state index in [1.165, 1.54) is 31.0 Å². The third-order valence-corrected chi connectivity index (χ3v) is 10.2. The number of aliphatic carboxylic acids is 1. The summed E-state index contributed by atoms with van der Waals surface area (Å²) < 4.78 is 27.1. The number of rotatable bonds is 9. The highest BCUT2D eigenvalue weighted by molar-refractivity contribution is 5.71. The van der Waals surface area contributed by atoms with E-state index in [0.29, 0.717) is 22.8 Å². The van der Waals surface area contributed by atoms with Crippen molar-refractivity contribution in [2.24, 2.45) is 17.3 Å². The van der Waals surface area contributed by atoms with Crippen LogP contribution in [0.5, 0.6) is 11.6 Å². The zero-order valence-corrected chi connectivity index (χ0v) is 24.4. The molecular formula is C35H39FN2O4. The number of carbonyl (C=O) groups is 1. The lowest BCUT2D eigenvalue weighted by atomic mass is 9.82. The number of pyridine rings is 1. The van der Waals surface area contributed by atoms with Crippen LogP contribution in [0.2, 0.25) is 0 Å². The number of nitrogens with zero attached hydrogens (tertiary/aromatic N) is 2. The zero-order chi connectivity index (χ0) is 29.0. The Hall–Kier alpha value is -3.45. The molecule has 2 aliphatic carbocycles. The van der Waals surface area contributed by atoms with E-state index < -0.39 is 11.9 Å². The summed E-state index contributed by atoms with van der Waals surface area (Å²) in [6.07, 6.45) is 8.90. The van der Waals surface area contributed by atoms with Crippen LogP contribution in [-0.2, 0) is 17.8 Å². The van der Waals surface area contributed by atoms with Crippen LogP contribution in [0, 0.1) is 23.1 Å². The molecule has 42 heavy (non-hydrogen) atoms. The fraction of sp³-hybridized carbons (Fsp3) is 0.486. The Morgan fingerprint density at radius 1 is 1.14 bits per heavy atom. The predicted molar refractivity (Wildman–Crippen MR) is 158 cm³/mol. The van der Waals surface area contributed by atoms with Gasteiger partial charge in [0.15, 0.2) is 0 Å². The number of ether oxygens (including phenoxy) is 2. The first-order valence-corrected chi connectivity index (χ1v) is 15.4. The first kappa shape index (κ1) is 27.4. The van der Waals surface area contributed by atoms with E-state index in [1.54, 1.807) is 13.2 Å². The molecule has 3 atom stereocenters. The third-order valence-electron chi connectivity index (χ3n) is 10.2.